The number of amides is 3. The molecule has 8 nitrogen and oxygen atoms in total. The fourth-order valence-electron chi connectivity index (χ4n) is 1.14. The Kier molecular flexibility index (Phi) is 6.60. The fourth-order valence-corrected chi connectivity index (χ4v) is 1.91. The summed E-state index contributed by atoms with van der Waals surface area (Å²) in [7, 11) is 0. The van der Waals surface area contributed by atoms with E-state index in [9.17, 15) is 14.4 Å². The van der Waals surface area contributed by atoms with Gasteiger partial charge < -0.3 is 20.6 Å². The van der Waals surface area contributed by atoms with Crippen molar-refractivity contribution in [1.29, 1.82) is 0 Å². The van der Waals surface area contributed by atoms with E-state index in [0.717, 1.165) is 11.8 Å². The predicted molar refractivity (Wildman–Crippen MR) is 72.0 cm³/mol. The van der Waals surface area contributed by atoms with Crippen LogP contribution in [0.1, 0.15) is 5.76 Å². The number of thioether (sulfide) groups is 1. The minimum absolute atomic E-state index is 0.0465. The number of imide groups is 1. The average molecular weight is 301 g/mol. The molecule has 0 saturated carbocycles. The lowest BCUT2D eigenvalue weighted by Gasteiger charge is -2.07. The van der Waals surface area contributed by atoms with E-state index >= 15 is 0 Å². The maximum atomic E-state index is 11.4. The van der Waals surface area contributed by atoms with E-state index in [2.05, 4.69) is 10.6 Å². The normalized spacial score (nSPS) is 11.7. The number of nitrogens with one attached hydrogen (secondary N) is 2. The number of carboxylic acids is 1. The molecular formula is C11H15N3O5S. The average Bonchev–Trinajstić information content (AvgIpc) is 2.89. The van der Waals surface area contributed by atoms with Gasteiger partial charge in [-0.2, -0.15) is 0 Å². The van der Waals surface area contributed by atoms with Crippen LogP contribution in [0.2, 0.25) is 0 Å². The number of rotatable bonds is 7. The fraction of sp³-hybridized carbons (Fsp3) is 0.364. The summed E-state index contributed by atoms with van der Waals surface area (Å²) in [5, 5.41) is 13.1. The second-order valence-electron chi connectivity index (χ2n) is 3.77. The van der Waals surface area contributed by atoms with Crippen molar-refractivity contribution in [2.75, 3.05) is 11.5 Å². The largest absolute Gasteiger partial charge is 0.480 e. The lowest BCUT2D eigenvalue weighted by molar-refractivity contribution is -0.138. The highest BCUT2D eigenvalue weighted by Gasteiger charge is 2.13. The minimum atomic E-state index is -1.13. The molecule has 0 aliphatic heterocycles. The first-order chi connectivity index (χ1) is 9.49. The number of furan rings is 1. The number of urea groups is 1. The Morgan fingerprint density at radius 1 is 1.45 bits per heavy atom. The van der Waals surface area contributed by atoms with Crippen LogP contribution in [-0.2, 0) is 16.1 Å². The van der Waals surface area contributed by atoms with E-state index in [1.807, 2.05) is 0 Å². The molecule has 0 fully saturated rings. The zero-order valence-corrected chi connectivity index (χ0v) is 11.3. The molecule has 0 aromatic carbocycles. The van der Waals surface area contributed by atoms with Crippen molar-refractivity contribution in [1.82, 2.24) is 10.6 Å². The zero-order chi connectivity index (χ0) is 15.0. The topological polar surface area (TPSA) is 135 Å². The molecule has 1 atom stereocenters. The third-order valence-corrected chi connectivity index (χ3v) is 3.17. The molecule has 0 aliphatic carbocycles. The van der Waals surface area contributed by atoms with Crippen LogP contribution in [-0.4, -0.2) is 40.6 Å². The Hall–Kier alpha value is -2.00. The molecule has 0 aliphatic rings. The Morgan fingerprint density at radius 2 is 2.20 bits per heavy atom. The van der Waals surface area contributed by atoms with Gasteiger partial charge in [-0.3, -0.25) is 14.9 Å². The molecule has 9 heteroatoms. The number of carbonyl (C=O) groups excluding carboxylic acids is 2. The Bertz CT molecular complexity index is 463. The van der Waals surface area contributed by atoms with Crippen LogP contribution in [0.25, 0.3) is 0 Å². The number of hydrogen-bond acceptors (Lipinski definition) is 6. The molecule has 1 rings (SSSR count). The minimum Gasteiger partial charge on any atom is -0.480 e. The van der Waals surface area contributed by atoms with E-state index in [4.69, 9.17) is 15.3 Å². The zero-order valence-electron chi connectivity index (χ0n) is 10.5. The highest BCUT2D eigenvalue weighted by Crippen LogP contribution is 2.01. The first-order valence-electron chi connectivity index (χ1n) is 5.65. The first-order valence-corrected chi connectivity index (χ1v) is 6.80. The van der Waals surface area contributed by atoms with Gasteiger partial charge in [0, 0.05) is 5.75 Å². The summed E-state index contributed by atoms with van der Waals surface area (Å²) in [5.41, 5.74) is 5.26. The van der Waals surface area contributed by atoms with Crippen LogP contribution in [0, 0.1) is 0 Å². The van der Waals surface area contributed by atoms with Crippen LogP contribution >= 0.6 is 11.8 Å². The monoisotopic (exact) mass is 301 g/mol. The molecule has 0 spiro atoms. The van der Waals surface area contributed by atoms with Gasteiger partial charge in [-0.1, -0.05) is 0 Å². The van der Waals surface area contributed by atoms with Crippen LogP contribution in [0.3, 0.4) is 0 Å². The van der Waals surface area contributed by atoms with E-state index in [0.29, 0.717) is 5.76 Å². The Balaban J connectivity index is 2.15. The van der Waals surface area contributed by atoms with Crippen LogP contribution in [0.15, 0.2) is 22.8 Å². The van der Waals surface area contributed by atoms with Gasteiger partial charge in [-0.25, -0.2) is 4.79 Å². The van der Waals surface area contributed by atoms with Gasteiger partial charge in [0.1, 0.15) is 11.8 Å². The third-order valence-electron chi connectivity index (χ3n) is 2.10. The molecule has 1 aromatic rings. The van der Waals surface area contributed by atoms with Crippen LogP contribution < -0.4 is 16.4 Å². The molecule has 0 saturated heterocycles. The quantitative estimate of drug-likeness (QED) is 0.545. The van der Waals surface area contributed by atoms with Crippen molar-refractivity contribution in [3.8, 4) is 0 Å². The number of aliphatic carboxylic acids is 1. The summed E-state index contributed by atoms with van der Waals surface area (Å²) in [6, 6.07) is 1.70. The second-order valence-corrected chi connectivity index (χ2v) is 4.80. The molecule has 5 N–H and O–H groups in total. The predicted octanol–water partition coefficient (Wildman–Crippen LogP) is -0.249. The summed E-state index contributed by atoms with van der Waals surface area (Å²) < 4.78 is 5.00. The van der Waals surface area contributed by atoms with Crippen molar-refractivity contribution in [3.63, 3.8) is 0 Å². The molecule has 20 heavy (non-hydrogen) atoms. The van der Waals surface area contributed by atoms with E-state index in [-0.39, 0.29) is 18.1 Å². The summed E-state index contributed by atoms with van der Waals surface area (Å²) in [4.78, 5) is 33.1. The number of carboxylic acid groups (broad SMARTS) is 1. The molecule has 1 aromatic heterocycles. The molecule has 1 heterocycles. The van der Waals surface area contributed by atoms with Crippen molar-refractivity contribution in [3.05, 3.63) is 24.2 Å². The van der Waals surface area contributed by atoms with Crippen molar-refractivity contribution in [2.45, 2.75) is 12.6 Å². The Morgan fingerprint density at radius 3 is 2.80 bits per heavy atom. The van der Waals surface area contributed by atoms with Gasteiger partial charge in [-0.15, -0.1) is 11.8 Å². The van der Waals surface area contributed by atoms with Gasteiger partial charge in [0.15, 0.2) is 0 Å². The summed E-state index contributed by atoms with van der Waals surface area (Å²) in [6.07, 6.45) is 1.47. The SMILES string of the molecule is N[C@@H](CSCC(=O)NC(=O)NCc1ccco1)C(=O)O. The van der Waals surface area contributed by atoms with E-state index in [1.54, 1.807) is 12.1 Å². The van der Waals surface area contributed by atoms with Gasteiger partial charge in [-0.05, 0) is 12.1 Å². The second kappa shape index (κ2) is 8.23. The maximum Gasteiger partial charge on any atom is 0.321 e. The van der Waals surface area contributed by atoms with Gasteiger partial charge >= 0.3 is 12.0 Å². The summed E-state index contributed by atoms with van der Waals surface area (Å²) in [6.45, 7) is 0.170. The summed E-state index contributed by atoms with van der Waals surface area (Å²) in [5.74, 6) is -1.04. The highest BCUT2D eigenvalue weighted by atomic mass is 32.2. The molecule has 110 valence electrons. The molecule has 3 amide bonds. The van der Waals surface area contributed by atoms with Gasteiger partial charge in [0.2, 0.25) is 5.91 Å². The van der Waals surface area contributed by atoms with Crippen molar-refractivity contribution >= 4 is 29.7 Å². The molecule has 0 unspecified atom stereocenters. The highest BCUT2D eigenvalue weighted by molar-refractivity contribution is 8.00. The van der Waals surface area contributed by atoms with Gasteiger partial charge in [0.05, 0.1) is 18.6 Å². The van der Waals surface area contributed by atoms with E-state index in [1.165, 1.54) is 6.26 Å². The van der Waals surface area contributed by atoms with Gasteiger partial charge in [0.25, 0.3) is 0 Å². The van der Waals surface area contributed by atoms with Crippen molar-refractivity contribution in [2.24, 2.45) is 5.73 Å². The van der Waals surface area contributed by atoms with E-state index < -0.39 is 23.9 Å². The maximum absolute atomic E-state index is 11.4. The molecule has 0 bridgehead atoms. The number of hydrogen-bond donors (Lipinski definition) is 4. The third kappa shape index (κ3) is 6.25. The number of nitrogens with two attached hydrogens (primary N) is 1. The number of carbonyl (C=O) groups is 3. The smallest absolute Gasteiger partial charge is 0.321 e. The Labute approximate surface area is 119 Å². The lowest BCUT2D eigenvalue weighted by atomic mass is 10.4. The lowest BCUT2D eigenvalue weighted by Crippen LogP contribution is -2.40. The first kappa shape index (κ1) is 16.1. The standard InChI is InChI=1S/C11H15N3O5S/c12-8(10(16)17)5-20-6-9(15)14-11(18)13-4-7-2-1-3-19-7/h1-3,8H,4-6,12H2,(H,16,17)(H2,13,14,15,18)/t8-/m0/s1. The van der Waals surface area contributed by atoms with Crippen LogP contribution in [0.5, 0.6) is 0 Å². The summed E-state index contributed by atoms with van der Waals surface area (Å²) >= 11 is 1.04. The van der Waals surface area contributed by atoms with Crippen molar-refractivity contribution < 1.29 is 23.9 Å². The van der Waals surface area contributed by atoms with Crippen LogP contribution in [0.4, 0.5) is 4.79 Å². The molecular weight excluding hydrogens is 286 g/mol. The molecule has 0 radical (unpaired) electrons.